The number of amidine groups is 1. The van der Waals surface area contributed by atoms with E-state index >= 15 is 0 Å². The number of rotatable bonds is 1. The van der Waals surface area contributed by atoms with Gasteiger partial charge in [0.05, 0.1) is 16.8 Å². The predicted molar refractivity (Wildman–Crippen MR) is 84.7 cm³/mol. The standard InChI is InChI=1S/C13H12ClN5O2S/c1-7(18-5-6-19(8(2)20)13(18)21)15-11-9(14)3-4-10-12(11)17-22-16-10/h3-4H,5-6H2,1-2H3. The van der Waals surface area contributed by atoms with Crippen LogP contribution in [-0.2, 0) is 4.79 Å². The Morgan fingerprint density at radius 2 is 2.00 bits per heavy atom. The van der Waals surface area contributed by atoms with Crippen LogP contribution in [0, 0.1) is 0 Å². The topological polar surface area (TPSA) is 78.8 Å². The van der Waals surface area contributed by atoms with Crippen molar-refractivity contribution in [3.8, 4) is 0 Å². The molecule has 1 fully saturated rings. The van der Waals surface area contributed by atoms with E-state index in [0.29, 0.717) is 40.7 Å². The summed E-state index contributed by atoms with van der Waals surface area (Å²) in [6.07, 6.45) is 0. The molecule has 9 heteroatoms. The second-order valence-electron chi connectivity index (χ2n) is 4.79. The van der Waals surface area contributed by atoms with Gasteiger partial charge in [-0.1, -0.05) is 11.6 Å². The first-order valence-corrected chi connectivity index (χ1v) is 7.65. The van der Waals surface area contributed by atoms with Crippen LogP contribution < -0.4 is 0 Å². The molecule has 1 aromatic heterocycles. The van der Waals surface area contributed by atoms with Crippen molar-refractivity contribution in [2.24, 2.45) is 4.99 Å². The summed E-state index contributed by atoms with van der Waals surface area (Å²) in [7, 11) is 0. The minimum atomic E-state index is -0.367. The average molecular weight is 338 g/mol. The molecule has 0 radical (unpaired) electrons. The molecule has 0 saturated carbocycles. The fourth-order valence-corrected chi connectivity index (χ4v) is 3.00. The molecule has 22 heavy (non-hydrogen) atoms. The Morgan fingerprint density at radius 3 is 2.68 bits per heavy atom. The minimum absolute atomic E-state index is 0.274. The quantitative estimate of drug-likeness (QED) is 0.592. The molecule has 2 heterocycles. The SMILES string of the molecule is CC(=O)N1CCN(C(C)=Nc2c(Cl)ccc3nsnc23)C1=O. The molecule has 3 amide bonds. The van der Waals surface area contributed by atoms with E-state index < -0.39 is 0 Å². The lowest BCUT2D eigenvalue weighted by Gasteiger charge is -2.16. The van der Waals surface area contributed by atoms with E-state index in [4.69, 9.17) is 11.6 Å². The lowest BCUT2D eigenvalue weighted by molar-refractivity contribution is -0.125. The molecule has 0 unspecified atom stereocenters. The molecule has 0 bridgehead atoms. The largest absolute Gasteiger partial charge is 0.332 e. The first kappa shape index (κ1) is 14.9. The van der Waals surface area contributed by atoms with Crippen LogP contribution in [0.25, 0.3) is 11.0 Å². The molecule has 1 saturated heterocycles. The number of aromatic nitrogens is 2. The summed E-state index contributed by atoms with van der Waals surface area (Å²) in [5.41, 5.74) is 1.80. The number of amides is 3. The van der Waals surface area contributed by atoms with E-state index in [1.54, 1.807) is 19.1 Å². The highest BCUT2D eigenvalue weighted by Crippen LogP contribution is 2.33. The summed E-state index contributed by atoms with van der Waals surface area (Å²) >= 11 is 7.27. The summed E-state index contributed by atoms with van der Waals surface area (Å²) in [4.78, 5) is 30.6. The van der Waals surface area contributed by atoms with Crippen LogP contribution in [0.2, 0.25) is 5.02 Å². The summed E-state index contributed by atoms with van der Waals surface area (Å²) < 4.78 is 8.34. The van der Waals surface area contributed by atoms with E-state index in [0.717, 1.165) is 11.7 Å². The lowest BCUT2D eigenvalue weighted by atomic mass is 10.2. The maximum absolute atomic E-state index is 12.2. The minimum Gasteiger partial charge on any atom is -0.280 e. The molecule has 1 aliphatic rings. The molecule has 0 N–H and O–H groups in total. The molecule has 114 valence electrons. The lowest BCUT2D eigenvalue weighted by Crippen LogP contribution is -2.37. The zero-order valence-electron chi connectivity index (χ0n) is 11.9. The van der Waals surface area contributed by atoms with Crippen molar-refractivity contribution in [3.05, 3.63) is 17.2 Å². The molecule has 0 atom stereocenters. The molecule has 2 aromatic rings. The highest BCUT2D eigenvalue weighted by Gasteiger charge is 2.32. The number of carbonyl (C=O) groups excluding carboxylic acids is 2. The normalized spacial score (nSPS) is 16.0. The van der Waals surface area contributed by atoms with E-state index in [9.17, 15) is 9.59 Å². The van der Waals surface area contributed by atoms with Crippen LogP contribution in [0.3, 0.4) is 0 Å². The average Bonchev–Trinajstić information content (AvgIpc) is 3.08. The van der Waals surface area contributed by atoms with Crippen LogP contribution in [0.15, 0.2) is 17.1 Å². The highest BCUT2D eigenvalue weighted by molar-refractivity contribution is 7.00. The van der Waals surface area contributed by atoms with Gasteiger partial charge in [-0.05, 0) is 19.1 Å². The number of hydrogen-bond donors (Lipinski definition) is 0. The summed E-state index contributed by atoms with van der Waals surface area (Å²) in [6, 6.07) is 3.10. The number of carbonyl (C=O) groups is 2. The third-order valence-corrected chi connectivity index (χ3v) is 4.25. The second-order valence-corrected chi connectivity index (χ2v) is 5.73. The maximum Gasteiger partial charge on any atom is 0.332 e. The van der Waals surface area contributed by atoms with Crippen LogP contribution in [0.4, 0.5) is 10.5 Å². The van der Waals surface area contributed by atoms with Gasteiger partial charge in [-0.3, -0.25) is 14.6 Å². The number of nitrogens with zero attached hydrogens (tertiary/aromatic N) is 5. The van der Waals surface area contributed by atoms with Crippen LogP contribution in [-0.4, -0.2) is 49.4 Å². The Bertz CT molecular complexity index is 803. The third kappa shape index (κ3) is 2.44. The number of aliphatic imine (C=N–C) groups is 1. The Hall–Kier alpha value is -2.06. The van der Waals surface area contributed by atoms with Crippen LogP contribution in [0.1, 0.15) is 13.8 Å². The Balaban J connectivity index is 1.98. The van der Waals surface area contributed by atoms with E-state index in [1.807, 2.05) is 0 Å². The van der Waals surface area contributed by atoms with Crippen molar-refractivity contribution >= 4 is 57.8 Å². The van der Waals surface area contributed by atoms with Crippen LogP contribution >= 0.6 is 23.3 Å². The van der Waals surface area contributed by atoms with Gasteiger partial charge in [-0.25, -0.2) is 9.79 Å². The molecule has 7 nitrogen and oxygen atoms in total. The first-order chi connectivity index (χ1) is 10.5. The van der Waals surface area contributed by atoms with Crippen LogP contribution in [0.5, 0.6) is 0 Å². The zero-order valence-corrected chi connectivity index (χ0v) is 13.5. The molecular weight excluding hydrogens is 326 g/mol. The summed E-state index contributed by atoms with van der Waals surface area (Å²) in [5.74, 6) is 0.195. The molecule has 1 aromatic carbocycles. The van der Waals surface area contributed by atoms with Gasteiger partial charge in [0.25, 0.3) is 0 Å². The van der Waals surface area contributed by atoms with Gasteiger partial charge in [-0.2, -0.15) is 8.75 Å². The summed E-state index contributed by atoms with van der Waals surface area (Å²) in [5, 5.41) is 0.439. The number of halogens is 1. The molecule has 3 rings (SSSR count). The Labute approximate surface area is 135 Å². The molecule has 1 aliphatic heterocycles. The second kappa shape index (κ2) is 5.62. The van der Waals surface area contributed by atoms with Gasteiger partial charge in [0.1, 0.15) is 22.6 Å². The number of fused-ring (bicyclic) bond motifs is 1. The molecular formula is C13H12ClN5O2S. The van der Waals surface area contributed by atoms with Crippen molar-refractivity contribution in [1.82, 2.24) is 18.5 Å². The van der Waals surface area contributed by atoms with Crippen molar-refractivity contribution < 1.29 is 9.59 Å². The van der Waals surface area contributed by atoms with E-state index in [-0.39, 0.29) is 11.9 Å². The zero-order chi connectivity index (χ0) is 15.9. The molecule has 0 spiro atoms. The maximum atomic E-state index is 12.2. The van der Waals surface area contributed by atoms with Gasteiger partial charge in [0.2, 0.25) is 5.91 Å². The monoisotopic (exact) mass is 337 g/mol. The van der Waals surface area contributed by atoms with E-state index in [1.165, 1.54) is 16.7 Å². The van der Waals surface area contributed by atoms with Crippen molar-refractivity contribution in [1.29, 1.82) is 0 Å². The fourth-order valence-electron chi connectivity index (χ4n) is 2.27. The van der Waals surface area contributed by atoms with Gasteiger partial charge < -0.3 is 0 Å². The fraction of sp³-hybridized carbons (Fsp3) is 0.308. The summed E-state index contributed by atoms with van der Waals surface area (Å²) in [6.45, 7) is 3.84. The van der Waals surface area contributed by atoms with Gasteiger partial charge >= 0.3 is 6.03 Å². The van der Waals surface area contributed by atoms with Gasteiger partial charge in [0, 0.05) is 20.0 Å². The molecule has 0 aliphatic carbocycles. The van der Waals surface area contributed by atoms with Crippen molar-refractivity contribution in [2.45, 2.75) is 13.8 Å². The van der Waals surface area contributed by atoms with Crippen molar-refractivity contribution in [2.75, 3.05) is 13.1 Å². The smallest absolute Gasteiger partial charge is 0.280 e. The number of urea groups is 1. The predicted octanol–water partition coefficient (Wildman–Crippen LogP) is 2.68. The first-order valence-electron chi connectivity index (χ1n) is 6.54. The Morgan fingerprint density at radius 1 is 1.27 bits per heavy atom. The number of hydrogen-bond acceptors (Lipinski definition) is 6. The van der Waals surface area contributed by atoms with E-state index in [2.05, 4.69) is 13.7 Å². The van der Waals surface area contributed by atoms with Crippen molar-refractivity contribution in [3.63, 3.8) is 0 Å². The highest BCUT2D eigenvalue weighted by atomic mass is 35.5. The Kier molecular flexibility index (Phi) is 3.79. The van der Waals surface area contributed by atoms with Gasteiger partial charge in [0.15, 0.2) is 0 Å². The third-order valence-electron chi connectivity index (χ3n) is 3.41. The number of benzene rings is 1. The van der Waals surface area contributed by atoms with Gasteiger partial charge in [-0.15, -0.1) is 0 Å². The number of imide groups is 1.